The van der Waals surface area contributed by atoms with E-state index in [2.05, 4.69) is 31.1 Å². The zero-order valence-corrected chi connectivity index (χ0v) is 12.3. The fourth-order valence-corrected chi connectivity index (χ4v) is 3.36. The van der Waals surface area contributed by atoms with Crippen molar-refractivity contribution in [3.05, 3.63) is 0 Å². The molecular weight excluding hydrogens is 224 g/mol. The van der Waals surface area contributed by atoms with Gasteiger partial charge in [0.2, 0.25) is 0 Å². The van der Waals surface area contributed by atoms with Crippen LogP contribution in [0.5, 0.6) is 0 Å². The van der Waals surface area contributed by atoms with E-state index in [1.165, 1.54) is 32.1 Å². The van der Waals surface area contributed by atoms with Crippen LogP contribution in [0.4, 0.5) is 0 Å². The van der Waals surface area contributed by atoms with Crippen molar-refractivity contribution in [2.24, 2.45) is 5.92 Å². The summed E-state index contributed by atoms with van der Waals surface area (Å²) in [6, 6.07) is 2.02. The quantitative estimate of drug-likeness (QED) is 0.833. The average Bonchev–Trinajstić information content (AvgIpc) is 2.40. The molecule has 18 heavy (non-hydrogen) atoms. The molecular formula is C15H30N2O. The number of hydrogen-bond acceptors (Lipinski definition) is 3. The van der Waals surface area contributed by atoms with Gasteiger partial charge in [-0.1, -0.05) is 6.92 Å². The molecule has 1 saturated carbocycles. The molecule has 3 heteroatoms. The average molecular weight is 254 g/mol. The van der Waals surface area contributed by atoms with Gasteiger partial charge >= 0.3 is 0 Å². The zero-order valence-electron chi connectivity index (χ0n) is 12.3. The highest BCUT2D eigenvalue weighted by molar-refractivity contribution is 4.82. The van der Waals surface area contributed by atoms with Crippen molar-refractivity contribution in [1.29, 1.82) is 0 Å². The molecule has 2 unspecified atom stereocenters. The summed E-state index contributed by atoms with van der Waals surface area (Å²) in [6.45, 7) is 7.54. The van der Waals surface area contributed by atoms with Gasteiger partial charge < -0.3 is 15.0 Å². The van der Waals surface area contributed by atoms with Crippen LogP contribution < -0.4 is 5.32 Å². The van der Waals surface area contributed by atoms with Gasteiger partial charge in [0.25, 0.3) is 0 Å². The monoisotopic (exact) mass is 254 g/mol. The molecule has 0 amide bonds. The van der Waals surface area contributed by atoms with Gasteiger partial charge in [-0.3, -0.25) is 0 Å². The van der Waals surface area contributed by atoms with Crippen LogP contribution in [-0.4, -0.2) is 49.8 Å². The van der Waals surface area contributed by atoms with Gasteiger partial charge in [-0.25, -0.2) is 0 Å². The van der Waals surface area contributed by atoms with E-state index in [-0.39, 0.29) is 0 Å². The largest absolute Gasteiger partial charge is 0.379 e. The second-order valence-corrected chi connectivity index (χ2v) is 6.39. The lowest BCUT2D eigenvalue weighted by molar-refractivity contribution is 0.0552. The van der Waals surface area contributed by atoms with Crippen LogP contribution in [0, 0.1) is 5.92 Å². The van der Waals surface area contributed by atoms with Crippen molar-refractivity contribution in [3.8, 4) is 0 Å². The predicted octanol–water partition coefficient (Wildman–Crippen LogP) is 2.26. The standard InChI is InChI=1S/C15H30N2O/c1-12-4-6-15(7-5-12)17(3)13(2)10-14-11-18-9-8-16-14/h12-16H,4-11H2,1-3H3. The molecule has 1 aliphatic carbocycles. The summed E-state index contributed by atoms with van der Waals surface area (Å²) in [6.07, 6.45) is 6.80. The first-order valence-electron chi connectivity index (χ1n) is 7.70. The Kier molecular flexibility index (Phi) is 5.46. The first kappa shape index (κ1) is 14.3. The van der Waals surface area contributed by atoms with E-state index in [0.717, 1.165) is 31.7 Å². The van der Waals surface area contributed by atoms with E-state index in [1.54, 1.807) is 0 Å². The van der Waals surface area contributed by atoms with E-state index in [4.69, 9.17) is 4.74 Å². The van der Waals surface area contributed by atoms with Gasteiger partial charge in [-0.15, -0.1) is 0 Å². The molecule has 0 aromatic heterocycles. The minimum absolute atomic E-state index is 0.554. The van der Waals surface area contributed by atoms with Gasteiger partial charge in [0.1, 0.15) is 0 Å². The van der Waals surface area contributed by atoms with Crippen molar-refractivity contribution in [2.45, 2.75) is 64.1 Å². The molecule has 0 radical (unpaired) electrons. The fourth-order valence-electron chi connectivity index (χ4n) is 3.36. The summed E-state index contributed by atoms with van der Waals surface area (Å²) in [5.41, 5.74) is 0. The first-order chi connectivity index (χ1) is 8.66. The minimum atomic E-state index is 0.554. The molecule has 1 N–H and O–H groups in total. The Morgan fingerprint density at radius 1 is 1.28 bits per heavy atom. The summed E-state index contributed by atoms with van der Waals surface area (Å²) in [7, 11) is 2.31. The van der Waals surface area contributed by atoms with Crippen molar-refractivity contribution < 1.29 is 4.74 Å². The van der Waals surface area contributed by atoms with Crippen molar-refractivity contribution >= 4 is 0 Å². The maximum atomic E-state index is 5.54. The molecule has 1 saturated heterocycles. The molecule has 3 nitrogen and oxygen atoms in total. The summed E-state index contributed by atoms with van der Waals surface area (Å²) in [5.74, 6) is 0.943. The smallest absolute Gasteiger partial charge is 0.0620 e. The SMILES string of the molecule is CC1CCC(N(C)C(C)CC2COCCN2)CC1. The Bertz CT molecular complexity index is 233. The van der Waals surface area contributed by atoms with Crippen LogP contribution in [0.1, 0.15) is 46.0 Å². The van der Waals surface area contributed by atoms with Crippen LogP contribution in [-0.2, 0) is 4.74 Å². The molecule has 2 rings (SSSR count). The fraction of sp³-hybridized carbons (Fsp3) is 1.00. The third kappa shape index (κ3) is 3.94. The first-order valence-corrected chi connectivity index (χ1v) is 7.70. The van der Waals surface area contributed by atoms with E-state index in [0.29, 0.717) is 12.1 Å². The molecule has 2 fully saturated rings. The Hall–Kier alpha value is -0.120. The summed E-state index contributed by atoms with van der Waals surface area (Å²) in [5, 5.41) is 3.56. The van der Waals surface area contributed by atoms with Gasteiger partial charge in [0.15, 0.2) is 0 Å². The van der Waals surface area contributed by atoms with Crippen LogP contribution in [0.25, 0.3) is 0 Å². The molecule has 1 aliphatic heterocycles. The van der Waals surface area contributed by atoms with E-state index >= 15 is 0 Å². The van der Waals surface area contributed by atoms with Crippen molar-refractivity contribution in [1.82, 2.24) is 10.2 Å². The number of nitrogens with one attached hydrogen (secondary N) is 1. The highest BCUT2D eigenvalue weighted by Gasteiger charge is 2.26. The lowest BCUT2D eigenvalue weighted by Gasteiger charge is -2.39. The molecule has 0 spiro atoms. The number of rotatable bonds is 4. The molecule has 0 bridgehead atoms. The van der Waals surface area contributed by atoms with Crippen molar-refractivity contribution in [2.75, 3.05) is 26.8 Å². The predicted molar refractivity (Wildman–Crippen MR) is 75.9 cm³/mol. The van der Waals surface area contributed by atoms with Crippen LogP contribution in [0.2, 0.25) is 0 Å². The van der Waals surface area contributed by atoms with Crippen molar-refractivity contribution in [3.63, 3.8) is 0 Å². The Morgan fingerprint density at radius 2 is 2.00 bits per heavy atom. The van der Waals surface area contributed by atoms with E-state index in [9.17, 15) is 0 Å². The molecule has 1 heterocycles. The lowest BCUT2D eigenvalue weighted by atomic mass is 9.86. The van der Waals surface area contributed by atoms with Crippen LogP contribution in [0.15, 0.2) is 0 Å². The second kappa shape index (κ2) is 6.88. The third-order valence-corrected chi connectivity index (χ3v) is 4.88. The number of ether oxygens (including phenoxy) is 1. The molecule has 2 atom stereocenters. The number of hydrogen-bond donors (Lipinski definition) is 1. The number of morpholine rings is 1. The van der Waals surface area contributed by atoms with Gasteiger partial charge in [0.05, 0.1) is 13.2 Å². The highest BCUT2D eigenvalue weighted by atomic mass is 16.5. The normalized spacial score (nSPS) is 35.7. The third-order valence-electron chi connectivity index (χ3n) is 4.88. The summed E-state index contributed by atoms with van der Waals surface area (Å²) >= 11 is 0. The zero-order chi connectivity index (χ0) is 13.0. The molecule has 0 aromatic carbocycles. The maximum Gasteiger partial charge on any atom is 0.0620 e. The number of nitrogens with zero attached hydrogens (tertiary/aromatic N) is 1. The van der Waals surface area contributed by atoms with Crippen LogP contribution >= 0.6 is 0 Å². The Morgan fingerprint density at radius 3 is 2.61 bits per heavy atom. The Labute approximate surface area is 112 Å². The summed E-state index contributed by atoms with van der Waals surface area (Å²) in [4.78, 5) is 2.61. The second-order valence-electron chi connectivity index (χ2n) is 6.39. The van der Waals surface area contributed by atoms with Gasteiger partial charge in [-0.2, -0.15) is 0 Å². The van der Waals surface area contributed by atoms with E-state index in [1.807, 2.05) is 0 Å². The van der Waals surface area contributed by atoms with E-state index < -0.39 is 0 Å². The topological polar surface area (TPSA) is 24.5 Å². The molecule has 2 aliphatic rings. The highest BCUT2D eigenvalue weighted by Crippen LogP contribution is 2.28. The molecule has 106 valence electrons. The maximum absolute atomic E-state index is 5.54. The minimum Gasteiger partial charge on any atom is -0.379 e. The van der Waals surface area contributed by atoms with Gasteiger partial charge in [0, 0.05) is 24.7 Å². The van der Waals surface area contributed by atoms with Gasteiger partial charge in [-0.05, 0) is 52.0 Å². The van der Waals surface area contributed by atoms with Crippen LogP contribution in [0.3, 0.4) is 0 Å². The molecule has 0 aromatic rings. The summed E-state index contributed by atoms with van der Waals surface area (Å²) < 4.78 is 5.54. The lowest BCUT2D eigenvalue weighted by Crippen LogP contribution is -2.47. The Balaban J connectivity index is 1.75.